The molecule has 0 fully saturated rings. The van der Waals surface area contributed by atoms with Crippen LogP contribution in [0.4, 0.5) is 0 Å². The number of rotatable bonds is 2. The summed E-state index contributed by atoms with van der Waals surface area (Å²) in [6, 6.07) is 7.09. The van der Waals surface area contributed by atoms with Crippen LogP contribution in [0.2, 0.25) is 0 Å². The standard InChI is InChI=1S/C14H15N3O2/c15-9-5-6-13-16-12(8-17(13)7-9)10-3-1-2-4-11(10)14(18)19/h1-4,8-9H,5-7,15H2,(H,18,19). The van der Waals surface area contributed by atoms with Gasteiger partial charge in [-0.1, -0.05) is 18.2 Å². The lowest BCUT2D eigenvalue weighted by Gasteiger charge is -2.19. The first kappa shape index (κ1) is 11.9. The van der Waals surface area contributed by atoms with Crippen molar-refractivity contribution in [2.75, 3.05) is 0 Å². The number of aryl methyl sites for hydroxylation is 1. The number of carboxylic acid groups (broad SMARTS) is 1. The van der Waals surface area contributed by atoms with E-state index in [9.17, 15) is 9.90 Å². The lowest BCUT2D eigenvalue weighted by molar-refractivity contribution is 0.0697. The van der Waals surface area contributed by atoms with E-state index in [4.69, 9.17) is 5.73 Å². The maximum Gasteiger partial charge on any atom is 0.336 e. The van der Waals surface area contributed by atoms with Crippen LogP contribution >= 0.6 is 0 Å². The van der Waals surface area contributed by atoms with Crippen molar-refractivity contribution < 1.29 is 9.90 Å². The van der Waals surface area contributed by atoms with E-state index < -0.39 is 5.97 Å². The Labute approximate surface area is 110 Å². The Morgan fingerprint density at radius 1 is 1.42 bits per heavy atom. The van der Waals surface area contributed by atoms with Crippen LogP contribution in [0.15, 0.2) is 30.5 Å². The van der Waals surface area contributed by atoms with Gasteiger partial charge in [-0.3, -0.25) is 0 Å². The third-order valence-corrected chi connectivity index (χ3v) is 3.46. The smallest absolute Gasteiger partial charge is 0.336 e. The zero-order valence-electron chi connectivity index (χ0n) is 10.4. The summed E-state index contributed by atoms with van der Waals surface area (Å²) in [5.74, 6) is 0.0511. The van der Waals surface area contributed by atoms with E-state index in [1.54, 1.807) is 18.2 Å². The molecule has 5 heteroatoms. The summed E-state index contributed by atoms with van der Waals surface area (Å²) in [4.78, 5) is 15.8. The topological polar surface area (TPSA) is 81.1 Å². The summed E-state index contributed by atoms with van der Waals surface area (Å²) >= 11 is 0. The van der Waals surface area contributed by atoms with E-state index >= 15 is 0 Å². The Morgan fingerprint density at radius 3 is 3.00 bits per heavy atom. The molecule has 1 aliphatic rings. The number of imidazole rings is 1. The molecule has 2 aromatic rings. The molecule has 98 valence electrons. The molecule has 0 radical (unpaired) electrons. The molecule has 5 nitrogen and oxygen atoms in total. The summed E-state index contributed by atoms with van der Waals surface area (Å²) < 4.78 is 2.03. The van der Waals surface area contributed by atoms with Gasteiger partial charge in [0.2, 0.25) is 0 Å². The minimum absolute atomic E-state index is 0.157. The second-order valence-corrected chi connectivity index (χ2v) is 4.84. The molecule has 1 aliphatic heterocycles. The third-order valence-electron chi connectivity index (χ3n) is 3.46. The third kappa shape index (κ3) is 2.13. The second kappa shape index (κ2) is 4.51. The first-order chi connectivity index (χ1) is 9.15. The van der Waals surface area contributed by atoms with Gasteiger partial charge in [-0.05, 0) is 12.5 Å². The van der Waals surface area contributed by atoms with Gasteiger partial charge in [-0.2, -0.15) is 0 Å². The molecule has 1 aromatic heterocycles. The molecule has 0 amide bonds. The summed E-state index contributed by atoms with van der Waals surface area (Å²) in [5, 5.41) is 9.22. The molecule has 3 rings (SSSR count). The minimum Gasteiger partial charge on any atom is -0.478 e. The number of carbonyl (C=O) groups is 1. The van der Waals surface area contributed by atoms with E-state index in [2.05, 4.69) is 4.98 Å². The quantitative estimate of drug-likeness (QED) is 0.854. The molecule has 0 saturated heterocycles. The fourth-order valence-electron chi connectivity index (χ4n) is 2.49. The largest absolute Gasteiger partial charge is 0.478 e. The van der Waals surface area contributed by atoms with Crippen molar-refractivity contribution in [3.63, 3.8) is 0 Å². The van der Waals surface area contributed by atoms with E-state index in [0.717, 1.165) is 25.2 Å². The van der Waals surface area contributed by atoms with Gasteiger partial charge < -0.3 is 15.4 Å². The molecule has 0 spiro atoms. The van der Waals surface area contributed by atoms with Gasteiger partial charge >= 0.3 is 5.97 Å². The van der Waals surface area contributed by atoms with Gasteiger partial charge in [0.1, 0.15) is 5.82 Å². The van der Waals surface area contributed by atoms with Crippen LogP contribution in [0.3, 0.4) is 0 Å². The number of hydrogen-bond acceptors (Lipinski definition) is 3. The van der Waals surface area contributed by atoms with Crippen LogP contribution in [0, 0.1) is 0 Å². The first-order valence-electron chi connectivity index (χ1n) is 6.29. The number of nitrogens with two attached hydrogens (primary N) is 1. The van der Waals surface area contributed by atoms with Gasteiger partial charge in [-0.25, -0.2) is 9.78 Å². The van der Waals surface area contributed by atoms with Gasteiger partial charge in [0.25, 0.3) is 0 Å². The van der Waals surface area contributed by atoms with E-state index in [0.29, 0.717) is 11.3 Å². The van der Waals surface area contributed by atoms with Crippen LogP contribution < -0.4 is 5.73 Å². The number of aromatic carboxylic acids is 1. The first-order valence-corrected chi connectivity index (χ1v) is 6.29. The maximum absolute atomic E-state index is 11.2. The Hall–Kier alpha value is -2.14. The normalized spacial score (nSPS) is 18.1. The molecule has 1 atom stereocenters. The Morgan fingerprint density at radius 2 is 2.21 bits per heavy atom. The molecule has 1 unspecified atom stereocenters. The molecule has 0 bridgehead atoms. The number of hydrogen-bond donors (Lipinski definition) is 2. The average molecular weight is 257 g/mol. The van der Waals surface area contributed by atoms with Crippen molar-refractivity contribution in [3.8, 4) is 11.3 Å². The van der Waals surface area contributed by atoms with Crippen molar-refractivity contribution >= 4 is 5.97 Å². The Balaban J connectivity index is 2.06. The van der Waals surface area contributed by atoms with Crippen molar-refractivity contribution in [1.29, 1.82) is 0 Å². The van der Waals surface area contributed by atoms with Crippen LogP contribution in [0.1, 0.15) is 22.6 Å². The lowest BCUT2D eigenvalue weighted by Crippen LogP contribution is -2.31. The predicted octanol–water partition coefficient (Wildman–Crippen LogP) is 1.52. The van der Waals surface area contributed by atoms with Gasteiger partial charge in [0.05, 0.1) is 11.3 Å². The summed E-state index contributed by atoms with van der Waals surface area (Å²) in [5.41, 5.74) is 7.58. The lowest BCUT2D eigenvalue weighted by atomic mass is 10.1. The second-order valence-electron chi connectivity index (χ2n) is 4.84. The summed E-state index contributed by atoms with van der Waals surface area (Å²) in [6.07, 6.45) is 3.67. The monoisotopic (exact) mass is 257 g/mol. The number of benzene rings is 1. The zero-order valence-corrected chi connectivity index (χ0v) is 10.4. The predicted molar refractivity (Wildman–Crippen MR) is 70.9 cm³/mol. The van der Waals surface area contributed by atoms with Crippen molar-refractivity contribution in [1.82, 2.24) is 9.55 Å². The molecule has 0 saturated carbocycles. The van der Waals surface area contributed by atoms with Crippen molar-refractivity contribution in [2.24, 2.45) is 5.73 Å². The fourth-order valence-corrected chi connectivity index (χ4v) is 2.49. The molecular weight excluding hydrogens is 242 g/mol. The van der Waals surface area contributed by atoms with E-state index in [-0.39, 0.29) is 11.6 Å². The fraction of sp³-hybridized carbons (Fsp3) is 0.286. The number of fused-ring (bicyclic) bond motifs is 1. The molecular formula is C14H15N3O2. The van der Waals surface area contributed by atoms with Gasteiger partial charge in [-0.15, -0.1) is 0 Å². The van der Waals surface area contributed by atoms with Crippen LogP contribution in [-0.2, 0) is 13.0 Å². The highest BCUT2D eigenvalue weighted by Gasteiger charge is 2.20. The van der Waals surface area contributed by atoms with E-state index in [1.165, 1.54) is 0 Å². The Bertz CT molecular complexity index is 633. The number of carboxylic acids is 1. The van der Waals surface area contributed by atoms with Gasteiger partial charge in [0.15, 0.2) is 0 Å². The summed E-state index contributed by atoms with van der Waals surface area (Å²) in [6.45, 7) is 0.748. The molecule has 3 N–H and O–H groups in total. The summed E-state index contributed by atoms with van der Waals surface area (Å²) in [7, 11) is 0. The number of nitrogens with zero attached hydrogens (tertiary/aromatic N) is 2. The van der Waals surface area contributed by atoms with Crippen LogP contribution in [0.25, 0.3) is 11.3 Å². The molecule has 2 heterocycles. The van der Waals surface area contributed by atoms with Crippen LogP contribution in [0.5, 0.6) is 0 Å². The highest BCUT2D eigenvalue weighted by atomic mass is 16.4. The van der Waals surface area contributed by atoms with Crippen molar-refractivity contribution in [3.05, 3.63) is 41.9 Å². The minimum atomic E-state index is -0.932. The average Bonchev–Trinajstić information content (AvgIpc) is 2.81. The number of aromatic nitrogens is 2. The highest BCUT2D eigenvalue weighted by Crippen LogP contribution is 2.25. The Kier molecular flexibility index (Phi) is 2.83. The van der Waals surface area contributed by atoms with E-state index in [1.807, 2.05) is 16.8 Å². The molecule has 1 aromatic carbocycles. The highest BCUT2D eigenvalue weighted by molar-refractivity contribution is 5.95. The SMILES string of the molecule is NC1CCc2nc(-c3ccccc3C(=O)O)cn2C1. The maximum atomic E-state index is 11.2. The molecule has 19 heavy (non-hydrogen) atoms. The molecule has 0 aliphatic carbocycles. The van der Waals surface area contributed by atoms with Crippen LogP contribution in [-0.4, -0.2) is 26.7 Å². The zero-order chi connectivity index (χ0) is 13.4. The van der Waals surface area contributed by atoms with Crippen molar-refractivity contribution in [2.45, 2.75) is 25.4 Å². The van der Waals surface area contributed by atoms with Gasteiger partial charge in [0, 0.05) is 30.8 Å².